The molecule has 0 radical (unpaired) electrons. The summed E-state index contributed by atoms with van der Waals surface area (Å²) in [6.45, 7) is 12.9. The third-order valence-corrected chi connectivity index (χ3v) is 3.97. The largest absolute Gasteiger partial charge is 0.314 e. The van der Waals surface area contributed by atoms with Gasteiger partial charge in [0.15, 0.2) is 0 Å². The van der Waals surface area contributed by atoms with Crippen molar-refractivity contribution in [2.75, 3.05) is 26.2 Å². The molecule has 0 aliphatic carbocycles. The van der Waals surface area contributed by atoms with Gasteiger partial charge in [-0.1, -0.05) is 44.2 Å². The maximum atomic E-state index is 3.92. The van der Waals surface area contributed by atoms with Crippen LogP contribution in [0.1, 0.15) is 43.4 Å². The van der Waals surface area contributed by atoms with Gasteiger partial charge in [-0.3, -0.25) is 4.90 Å². The van der Waals surface area contributed by atoms with E-state index in [4.69, 9.17) is 0 Å². The lowest BCUT2D eigenvalue weighted by atomic mass is 9.96. The van der Waals surface area contributed by atoms with Crippen LogP contribution in [0.4, 0.5) is 0 Å². The number of hydrogen-bond donors (Lipinski definition) is 1. The minimum Gasteiger partial charge on any atom is -0.314 e. The number of benzene rings is 1. The SMILES string of the molecule is C=CC[C@@H](c1ccc(C(C)C)cc1)N1CCNCC1. The average Bonchev–Trinajstić information content (AvgIpc) is 2.46. The van der Waals surface area contributed by atoms with Crippen LogP contribution in [0.25, 0.3) is 0 Å². The third-order valence-electron chi connectivity index (χ3n) is 3.97. The Bertz CT molecular complexity index is 388. The summed E-state index contributed by atoms with van der Waals surface area (Å²) in [5.74, 6) is 0.603. The van der Waals surface area contributed by atoms with Crippen LogP contribution in [0, 0.1) is 0 Å². The van der Waals surface area contributed by atoms with Gasteiger partial charge in [-0.25, -0.2) is 0 Å². The zero-order valence-corrected chi connectivity index (χ0v) is 12.2. The Balaban J connectivity index is 2.15. The van der Waals surface area contributed by atoms with E-state index in [0.29, 0.717) is 12.0 Å². The summed E-state index contributed by atoms with van der Waals surface area (Å²) in [6, 6.07) is 9.63. The highest BCUT2D eigenvalue weighted by molar-refractivity contribution is 5.27. The van der Waals surface area contributed by atoms with Gasteiger partial charge in [0.25, 0.3) is 0 Å². The minimum absolute atomic E-state index is 0.487. The highest BCUT2D eigenvalue weighted by atomic mass is 15.2. The number of rotatable bonds is 5. The molecule has 2 nitrogen and oxygen atoms in total. The molecule has 1 saturated heterocycles. The lowest BCUT2D eigenvalue weighted by Gasteiger charge is -2.35. The Morgan fingerprint density at radius 3 is 2.26 bits per heavy atom. The summed E-state index contributed by atoms with van der Waals surface area (Å²) in [5.41, 5.74) is 2.84. The molecule has 19 heavy (non-hydrogen) atoms. The Hall–Kier alpha value is -1.12. The fraction of sp³-hybridized carbons (Fsp3) is 0.529. The molecule has 1 heterocycles. The van der Waals surface area contributed by atoms with Crippen LogP contribution in [0.3, 0.4) is 0 Å². The van der Waals surface area contributed by atoms with Gasteiger partial charge in [0.2, 0.25) is 0 Å². The van der Waals surface area contributed by atoms with Crippen molar-refractivity contribution in [3.05, 3.63) is 48.0 Å². The first-order valence-corrected chi connectivity index (χ1v) is 7.38. The van der Waals surface area contributed by atoms with Crippen LogP contribution >= 0.6 is 0 Å². The Morgan fingerprint density at radius 2 is 1.74 bits per heavy atom. The zero-order valence-electron chi connectivity index (χ0n) is 12.2. The quantitative estimate of drug-likeness (QED) is 0.815. The summed E-state index contributed by atoms with van der Waals surface area (Å²) in [7, 11) is 0. The van der Waals surface area contributed by atoms with Gasteiger partial charge in [-0.15, -0.1) is 6.58 Å². The van der Waals surface area contributed by atoms with Crippen molar-refractivity contribution in [3.8, 4) is 0 Å². The summed E-state index contributed by atoms with van der Waals surface area (Å²) < 4.78 is 0. The molecule has 1 fully saturated rings. The number of nitrogens with zero attached hydrogens (tertiary/aromatic N) is 1. The van der Waals surface area contributed by atoms with Gasteiger partial charge in [-0.2, -0.15) is 0 Å². The highest BCUT2D eigenvalue weighted by Crippen LogP contribution is 2.26. The van der Waals surface area contributed by atoms with Crippen molar-refractivity contribution in [1.82, 2.24) is 10.2 Å². The molecule has 0 unspecified atom stereocenters. The molecule has 2 heteroatoms. The van der Waals surface area contributed by atoms with E-state index in [1.54, 1.807) is 0 Å². The molecule has 1 aliphatic rings. The van der Waals surface area contributed by atoms with Crippen molar-refractivity contribution in [1.29, 1.82) is 0 Å². The molecule has 0 saturated carbocycles. The fourth-order valence-corrected chi connectivity index (χ4v) is 2.75. The summed E-state index contributed by atoms with van der Waals surface area (Å²) in [5, 5.41) is 3.42. The van der Waals surface area contributed by atoms with Crippen LogP contribution in [0.15, 0.2) is 36.9 Å². The molecule has 1 aromatic rings. The van der Waals surface area contributed by atoms with Gasteiger partial charge >= 0.3 is 0 Å². The van der Waals surface area contributed by atoms with Gasteiger partial charge < -0.3 is 5.32 Å². The Morgan fingerprint density at radius 1 is 1.16 bits per heavy atom. The van der Waals surface area contributed by atoms with E-state index in [0.717, 1.165) is 32.6 Å². The second-order valence-electron chi connectivity index (χ2n) is 5.65. The summed E-state index contributed by atoms with van der Waals surface area (Å²) >= 11 is 0. The lowest BCUT2D eigenvalue weighted by Crippen LogP contribution is -2.45. The van der Waals surface area contributed by atoms with Crippen LogP contribution in [-0.2, 0) is 0 Å². The first kappa shape index (κ1) is 14.3. The summed E-state index contributed by atoms with van der Waals surface area (Å²) in [6.07, 6.45) is 3.07. The van der Waals surface area contributed by atoms with Crippen LogP contribution in [0.5, 0.6) is 0 Å². The summed E-state index contributed by atoms with van der Waals surface area (Å²) in [4.78, 5) is 2.57. The van der Waals surface area contributed by atoms with Crippen molar-refractivity contribution in [2.24, 2.45) is 0 Å². The third kappa shape index (κ3) is 3.68. The molecule has 2 rings (SSSR count). The van der Waals surface area contributed by atoms with Gasteiger partial charge in [-0.05, 0) is 23.5 Å². The van der Waals surface area contributed by atoms with E-state index in [9.17, 15) is 0 Å². The highest BCUT2D eigenvalue weighted by Gasteiger charge is 2.20. The van der Waals surface area contributed by atoms with Crippen molar-refractivity contribution < 1.29 is 0 Å². The van der Waals surface area contributed by atoms with Gasteiger partial charge in [0, 0.05) is 32.2 Å². The normalized spacial score (nSPS) is 18.5. The predicted molar refractivity (Wildman–Crippen MR) is 82.5 cm³/mol. The molecule has 104 valence electrons. The van der Waals surface area contributed by atoms with Gasteiger partial charge in [0.05, 0.1) is 0 Å². The monoisotopic (exact) mass is 258 g/mol. The first-order chi connectivity index (χ1) is 9.22. The van der Waals surface area contributed by atoms with Crippen molar-refractivity contribution >= 4 is 0 Å². The van der Waals surface area contributed by atoms with Crippen LogP contribution in [0.2, 0.25) is 0 Å². The minimum atomic E-state index is 0.487. The number of piperazine rings is 1. The molecule has 0 aromatic heterocycles. The maximum absolute atomic E-state index is 3.92. The predicted octanol–water partition coefficient (Wildman–Crippen LogP) is 3.33. The molecule has 0 spiro atoms. The van der Waals surface area contributed by atoms with E-state index in [1.165, 1.54) is 11.1 Å². The van der Waals surface area contributed by atoms with Crippen LogP contribution < -0.4 is 5.32 Å². The molecule has 1 N–H and O–H groups in total. The first-order valence-electron chi connectivity index (χ1n) is 7.38. The molecule has 0 amide bonds. The standard InChI is InChI=1S/C17H26N2/c1-4-5-17(19-12-10-18-11-13-19)16-8-6-15(7-9-16)14(2)3/h4,6-9,14,17-18H,1,5,10-13H2,2-3H3/t17-/m0/s1. The Kier molecular flexibility index (Phi) is 5.17. The van der Waals surface area contributed by atoms with E-state index in [2.05, 4.69) is 54.9 Å². The zero-order chi connectivity index (χ0) is 13.7. The second-order valence-corrected chi connectivity index (χ2v) is 5.65. The second kappa shape index (κ2) is 6.88. The van der Waals surface area contributed by atoms with Crippen LogP contribution in [-0.4, -0.2) is 31.1 Å². The molecular weight excluding hydrogens is 232 g/mol. The number of hydrogen-bond acceptors (Lipinski definition) is 2. The molecule has 1 aliphatic heterocycles. The van der Waals surface area contributed by atoms with E-state index in [-0.39, 0.29) is 0 Å². The molecule has 0 bridgehead atoms. The molecule has 1 atom stereocenters. The molecule has 1 aromatic carbocycles. The number of nitrogens with one attached hydrogen (secondary N) is 1. The van der Waals surface area contributed by atoms with E-state index in [1.807, 2.05) is 6.08 Å². The fourth-order valence-electron chi connectivity index (χ4n) is 2.75. The Labute approximate surface area is 117 Å². The van der Waals surface area contributed by atoms with E-state index >= 15 is 0 Å². The topological polar surface area (TPSA) is 15.3 Å². The van der Waals surface area contributed by atoms with E-state index < -0.39 is 0 Å². The molecular formula is C17H26N2. The maximum Gasteiger partial charge on any atom is 0.0383 e. The van der Waals surface area contributed by atoms with Gasteiger partial charge in [0.1, 0.15) is 0 Å². The smallest absolute Gasteiger partial charge is 0.0383 e. The lowest BCUT2D eigenvalue weighted by molar-refractivity contribution is 0.174. The van der Waals surface area contributed by atoms with Crippen molar-refractivity contribution in [3.63, 3.8) is 0 Å². The average molecular weight is 258 g/mol. The van der Waals surface area contributed by atoms with Crippen molar-refractivity contribution in [2.45, 2.75) is 32.2 Å².